The Balaban J connectivity index is 2.07. The maximum atomic E-state index is 14.1. The van der Waals surface area contributed by atoms with Gasteiger partial charge in [-0.15, -0.1) is 0 Å². The molecular weight excluding hydrogens is 550 g/mol. The molecule has 3 aromatic carbocycles. The molecule has 0 saturated carbocycles. The number of rotatable bonds is 13. The molecule has 214 valence electrons. The Kier molecular flexibility index (Phi) is 11.0. The van der Waals surface area contributed by atoms with Gasteiger partial charge in [0, 0.05) is 30.1 Å². The summed E-state index contributed by atoms with van der Waals surface area (Å²) in [6.07, 6.45) is 1.98. The molecule has 1 N–H and O–H groups in total. The third-order valence-corrected chi connectivity index (χ3v) is 8.10. The minimum atomic E-state index is -3.88. The number of nitrogens with one attached hydrogen (secondary N) is 1. The minimum Gasteiger partial charge on any atom is -0.497 e. The highest BCUT2D eigenvalue weighted by atomic mass is 35.5. The molecular formula is C30H36ClN3O5S. The molecule has 0 aliphatic carbocycles. The Morgan fingerprint density at radius 1 is 1.00 bits per heavy atom. The quantitative estimate of drug-likeness (QED) is 0.314. The molecule has 0 aliphatic heterocycles. The molecule has 0 radical (unpaired) electrons. The molecule has 40 heavy (non-hydrogen) atoms. The number of methoxy groups -OCH3 is 1. The second kappa shape index (κ2) is 14.2. The van der Waals surface area contributed by atoms with Gasteiger partial charge in [0.1, 0.15) is 18.3 Å². The van der Waals surface area contributed by atoms with Crippen LogP contribution in [0.1, 0.15) is 31.4 Å². The van der Waals surface area contributed by atoms with E-state index in [1.807, 2.05) is 44.2 Å². The highest BCUT2D eigenvalue weighted by molar-refractivity contribution is 7.92. The molecule has 2 amide bonds. The first-order valence-electron chi connectivity index (χ1n) is 13.0. The molecule has 10 heteroatoms. The van der Waals surface area contributed by atoms with E-state index in [9.17, 15) is 18.0 Å². The van der Waals surface area contributed by atoms with E-state index in [0.29, 0.717) is 22.8 Å². The number of nitrogens with zero attached hydrogens (tertiary/aromatic N) is 2. The average molecular weight is 586 g/mol. The predicted octanol–water partition coefficient (Wildman–Crippen LogP) is 4.67. The molecule has 0 spiro atoms. The molecule has 0 fully saturated rings. The SMILES string of the molecule is CC[C@@H](C)NC(=O)[C@@H](Cc1ccccc1)N(Cc1ccccc1Cl)C(=O)CN(c1cccc(OC)c1)S(C)(=O)=O. The van der Waals surface area contributed by atoms with Crippen molar-refractivity contribution in [2.24, 2.45) is 0 Å². The van der Waals surface area contributed by atoms with Crippen LogP contribution in [0.2, 0.25) is 5.02 Å². The van der Waals surface area contributed by atoms with E-state index < -0.39 is 28.5 Å². The zero-order valence-corrected chi connectivity index (χ0v) is 24.8. The lowest BCUT2D eigenvalue weighted by Gasteiger charge is -2.34. The van der Waals surface area contributed by atoms with Crippen molar-refractivity contribution in [3.8, 4) is 5.75 Å². The molecule has 0 saturated heterocycles. The fraction of sp³-hybridized carbons (Fsp3) is 0.333. The van der Waals surface area contributed by atoms with Crippen LogP contribution in [0.4, 0.5) is 5.69 Å². The number of ether oxygens (including phenoxy) is 1. The van der Waals surface area contributed by atoms with Gasteiger partial charge in [-0.05, 0) is 42.7 Å². The van der Waals surface area contributed by atoms with Crippen LogP contribution in [-0.4, -0.2) is 57.1 Å². The van der Waals surface area contributed by atoms with Crippen LogP contribution in [0, 0.1) is 0 Å². The van der Waals surface area contributed by atoms with Gasteiger partial charge in [0.2, 0.25) is 21.8 Å². The highest BCUT2D eigenvalue weighted by Crippen LogP contribution is 2.25. The zero-order valence-electron chi connectivity index (χ0n) is 23.2. The molecule has 2 atom stereocenters. The standard InChI is InChI=1S/C30H36ClN3O5S/c1-5-22(2)32-30(36)28(18-23-12-7-6-8-13-23)33(20-24-14-9-10-17-27(24)31)29(35)21-34(40(4,37)38)25-15-11-16-26(19-25)39-3/h6-17,19,22,28H,5,18,20-21H2,1-4H3,(H,32,36)/t22-,28-/m1/s1. The van der Waals surface area contributed by atoms with E-state index in [0.717, 1.165) is 16.1 Å². The lowest BCUT2D eigenvalue weighted by atomic mass is 10.0. The van der Waals surface area contributed by atoms with Crippen molar-refractivity contribution in [3.05, 3.63) is 95.0 Å². The first-order valence-corrected chi connectivity index (χ1v) is 15.2. The van der Waals surface area contributed by atoms with Crippen LogP contribution in [0.15, 0.2) is 78.9 Å². The number of hydrogen-bond acceptors (Lipinski definition) is 5. The van der Waals surface area contributed by atoms with Gasteiger partial charge in [-0.3, -0.25) is 13.9 Å². The molecule has 0 aromatic heterocycles. The minimum absolute atomic E-state index is 0.0135. The fourth-order valence-corrected chi connectivity index (χ4v) is 5.22. The summed E-state index contributed by atoms with van der Waals surface area (Å²) in [6.45, 7) is 3.35. The van der Waals surface area contributed by atoms with Crippen LogP contribution in [0.5, 0.6) is 5.75 Å². The summed E-state index contributed by atoms with van der Waals surface area (Å²) < 4.78 is 32.1. The lowest BCUT2D eigenvalue weighted by molar-refractivity contribution is -0.140. The zero-order chi connectivity index (χ0) is 29.3. The third-order valence-electron chi connectivity index (χ3n) is 6.59. The Bertz CT molecular complexity index is 1400. The smallest absolute Gasteiger partial charge is 0.244 e. The third kappa shape index (κ3) is 8.47. The Morgan fingerprint density at radius 2 is 1.68 bits per heavy atom. The van der Waals surface area contributed by atoms with Gasteiger partial charge in [-0.25, -0.2) is 8.42 Å². The van der Waals surface area contributed by atoms with E-state index in [1.54, 1.807) is 48.5 Å². The Labute approximate surface area is 241 Å². The summed E-state index contributed by atoms with van der Waals surface area (Å²) in [6, 6.07) is 21.9. The monoisotopic (exact) mass is 585 g/mol. The molecule has 0 unspecified atom stereocenters. The summed E-state index contributed by atoms with van der Waals surface area (Å²) in [5, 5.41) is 3.44. The van der Waals surface area contributed by atoms with Crippen LogP contribution >= 0.6 is 11.6 Å². The maximum Gasteiger partial charge on any atom is 0.244 e. The van der Waals surface area contributed by atoms with Crippen molar-refractivity contribution < 1.29 is 22.7 Å². The number of carbonyl (C=O) groups is 2. The maximum absolute atomic E-state index is 14.1. The van der Waals surface area contributed by atoms with Crippen LogP contribution in [0.25, 0.3) is 0 Å². The molecule has 3 rings (SSSR count). The number of carbonyl (C=O) groups excluding carboxylic acids is 2. The van der Waals surface area contributed by atoms with Crippen LogP contribution in [0.3, 0.4) is 0 Å². The highest BCUT2D eigenvalue weighted by Gasteiger charge is 2.33. The van der Waals surface area contributed by atoms with E-state index in [-0.39, 0.29) is 30.6 Å². The van der Waals surface area contributed by atoms with Gasteiger partial charge < -0.3 is 15.0 Å². The predicted molar refractivity (Wildman–Crippen MR) is 159 cm³/mol. The summed E-state index contributed by atoms with van der Waals surface area (Å²) in [7, 11) is -2.40. The molecule has 3 aromatic rings. The van der Waals surface area contributed by atoms with Gasteiger partial charge in [-0.2, -0.15) is 0 Å². The molecule has 0 bridgehead atoms. The number of sulfonamides is 1. The second-order valence-corrected chi connectivity index (χ2v) is 11.9. The van der Waals surface area contributed by atoms with Crippen LogP contribution < -0.4 is 14.4 Å². The van der Waals surface area contributed by atoms with Crippen molar-refractivity contribution in [3.63, 3.8) is 0 Å². The summed E-state index contributed by atoms with van der Waals surface area (Å²) in [5.41, 5.74) is 1.77. The molecule has 0 aliphatic rings. The molecule has 0 heterocycles. The lowest BCUT2D eigenvalue weighted by Crippen LogP contribution is -2.54. The van der Waals surface area contributed by atoms with Gasteiger partial charge in [0.05, 0.1) is 19.1 Å². The van der Waals surface area contributed by atoms with E-state index in [1.165, 1.54) is 12.0 Å². The summed E-state index contributed by atoms with van der Waals surface area (Å²) in [4.78, 5) is 29.2. The molecule has 8 nitrogen and oxygen atoms in total. The van der Waals surface area contributed by atoms with Crippen molar-refractivity contribution in [1.29, 1.82) is 0 Å². The van der Waals surface area contributed by atoms with E-state index >= 15 is 0 Å². The van der Waals surface area contributed by atoms with Crippen molar-refractivity contribution >= 4 is 39.1 Å². The number of halogens is 1. The van der Waals surface area contributed by atoms with E-state index in [4.69, 9.17) is 16.3 Å². The first-order chi connectivity index (χ1) is 19.0. The number of benzene rings is 3. The largest absolute Gasteiger partial charge is 0.497 e. The summed E-state index contributed by atoms with van der Waals surface area (Å²) >= 11 is 6.47. The number of amides is 2. The number of anilines is 1. The van der Waals surface area contributed by atoms with Gasteiger partial charge in [0.25, 0.3) is 0 Å². The Morgan fingerprint density at radius 3 is 2.30 bits per heavy atom. The number of hydrogen-bond donors (Lipinski definition) is 1. The average Bonchev–Trinajstić information content (AvgIpc) is 2.94. The second-order valence-electron chi connectivity index (χ2n) is 9.61. The van der Waals surface area contributed by atoms with Crippen molar-refractivity contribution in [2.75, 3.05) is 24.2 Å². The van der Waals surface area contributed by atoms with E-state index in [2.05, 4.69) is 5.32 Å². The topological polar surface area (TPSA) is 96.0 Å². The summed E-state index contributed by atoms with van der Waals surface area (Å²) in [5.74, 6) is -0.430. The normalized spacial score (nSPS) is 12.7. The fourth-order valence-electron chi connectivity index (χ4n) is 4.18. The Hall–Kier alpha value is -3.56. The van der Waals surface area contributed by atoms with Gasteiger partial charge >= 0.3 is 0 Å². The van der Waals surface area contributed by atoms with Gasteiger partial charge in [-0.1, -0.05) is 73.1 Å². The van der Waals surface area contributed by atoms with Crippen molar-refractivity contribution in [2.45, 2.75) is 45.3 Å². The van der Waals surface area contributed by atoms with Crippen molar-refractivity contribution in [1.82, 2.24) is 10.2 Å². The van der Waals surface area contributed by atoms with Crippen LogP contribution in [-0.2, 0) is 32.6 Å². The van der Waals surface area contributed by atoms with Gasteiger partial charge in [0.15, 0.2) is 0 Å². The first kappa shape index (κ1) is 31.0.